The first-order valence-corrected chi connectivity index (χ1v) is 24.2. The van der Waals surface area contributed by atoms with Crippen LogP contribution in [0.4, 0.5) is 0 Å². The minimum atomic E-state index is -2.02. The normalized spacial score (nSPS) is 15.1. The van der Waals surface area contributed by atoms with Crippen molar-refractivity contribution in [2.24, 2.45) is 27.9 Å². The summed E-state index contributed by atoms with van der Waals surface area (Å²) in [5, 5.41) is 89.6. The van der Waals surface area contributed by atoms with E-state index in [1.807, 2.05) is 5.32 Å². The molecule has 32 heteroatoms. The second kappa shape index (κ2) is 33.6. The Kier molecular flexibility index (Phi) is 28.3. The molecule has 0 saturated heterocycles. The van der Waals surface area contributed by atoms with E-state index in [-0.39, 0.29) is 43.1 Å². The number of primary amides is 1. The largest absolute Gasteiger partial charge is 0.508 e. The summed E-state index contributed by atoms with van der Waals surface area (Å²) < 4.78 is 0. The number of carboxylic acids is 1. The van der Waals surface area contributed by atoms with E-state index >= 15 is 0 Å². The molecule has 2 rings (SSSR count). The Hall–Kier alpha value is -8.56. The van der Waals surface area contributed by atoms with E-state index in [4.69, 9.17) is 28.0 Å². The first-order chi connectivity index (χ1) is 37.2. The van der Waals surface area contributed by atoms with Crippen molar-refractivity contribution in [3.63, 3.8) is 0 Å². The summed E-state index contributed by atoms with van der Waals surface area (Å²) in [6, 6.07) is -2.15. The number of aliphatic hydroxyl groups is 5. The van der Waals surface area contributed by atoms with E-state index in [2.05, 4.69) is 47.5 Å². The van der Waals surface area contributed by atoms with Crippen molar-refractivity contribution in [1.29, 1.82) is 0 Å². The van der Waals surface area contributed by atoms with Gasteiger partial charge in [-0.2, -0.15) is 0 Å². The maximum absolute atomic E-state index is 14.0. The molecule has 0 aliphatic carbocycles. The zero-order valence-corrected chi connectivity index (χ0v) is 43.0. The highest BCUT2D eigenvalue weighted by molar-refractivity contribution is 5.99. The van der Waals surface area contributed by atoms with Crippen LogP contribution in [-0.4, -0.2) is 206 Å². The Morgan fingerprint density at radius 3 is 1.41 bits per heavy atom. The highest BCUT2D eigenvalue weighted by Crippen LogP contribution is 2.13. The number of aliphatic carboxylic acids is 1. The van der Waals surface area contributed by atoms with Gasteiger partial charge in [0, 0.05) is 13.0 Å². The third kappa shape index (κ3) is 23.7. The van der Waals surface area contributed by atoms with Crippen molar-refractivity contribution in [1.82, 2.24) is 47.9 Å². The number of nitrogens with one attached hydrogen (secondary N) is 9. The summed E-state index contributed by atoms with van der Waals surface area (Å²) in [5.74, 6) is -13.8. The van der Waals surface area contributed by atoms with Gasteiger partial charge in [-0.05, 0) is 56.4 Å². The summed E-state index contributed by atoms with van der Waals surface area (Å²) >= 11 is 0. The van der Waals surface area contributed by atoms with Gasteiger partial charge in [0.05, 0.1) is 44.5 Å². The highest BCUT2D eigenvalue weighted by Gasteiger charge is 2.37. The number of carboxylic acid groups (broad SMARTS) is 1. The third-order valence-corrected chi connectivity index (χ3v) is 11.2. The molecule has 10 amide bonds. The molecular weight excluding hydrogens is 1050 g/mol. The molecule has 32 nitrogen and oxygen atoms in total. The van der Waals surface area contributed by atoms with Gasteiger partial charge < -0.3 is 107 Å². The number of guanidine groups is 1. The molecule has 0 heterocycles. The molecule has 0 unspecified atom stereocenters. The second-order valence-corrected chi connectivity index (χ2v) is 17.8. The van der Waals surface area contributed by atoms with Crippen LogP contribution in [0, 0.1) is 0 Å². The number of aromatic hydroxyl groups is 1. The van der Waals surface area contributed by atoms with Gasteiger partial charge in [-0.25, -0.2) is 0 Å². The van der Waals surface area contributed by atoms with Crippen LogP contribution in [0.2, 0.25) is 0 Å². The van der Waals surface area contributed by atoms with Crippen LogP contribution >= 0.6 is 0 Å². The third-order valence-electron chi connectivity index (χ3n) is 11.2. The molecule has 0 aromatic heterocycles. The first kappa shape index (κ1) is 66.6. The zero-order chi connectivity index (χ0) is 59.5. The lowest BCUT2D eigenvalue weighted by molar-refractivity contribution is -0.139. The number of hydrogen-bond donors (Lipinski definition) is 20. The summed E-state index contributed by atoms with van der Waals surface area (Å²) in [6.07, 6.45) is -4.79. The Balaban J connectivity index is 2.28. The van der Waals surface area contributed by atoms with Gasteiger partial charge in [0.1, 0.15) is 60.6 Å². The minimum absolute atomic E-state index is 0.0306. The number of aliphatic imine (C=N–C) groups is 1. The molecular formula is C47H70N14O18. The standard InChI is InChI=1S/C47H70N14O18/c1-22(65)36(60-38(71)27(48)15-24-7-4-3-5-8-24)45(78)59-32(20-63)43(76)57-33(21-64)44(77)61-37(23(2)66)46(79)58-31(19-62)42(75)55-29(16-25-10-12-26(67)13-11-25)40(73)56-30(17-34(49)68)41(74)54-28(9-6-14-52-47(50)51)39(72)53-18-35(69)70/h3-5,7-8,10-13,22-23,27-33,36-37,62-67H,6,9,14-21,48H2,1-2H3,(H2,49,68)(H,53,72)(H,54,74)(H,55,75)(H,56,73)(H,57,76)(H,58,79)(H,59,78)(H,60,71)(H,61,77)(H,69,70)(H4,50,51,52)/t22-,23-,27+,28+,29+,30+,31+,32+,33+,36+,37+/m1/s1. The summed E-state index contributed by atoms with van der Waals surface area (Å²) in [6.45, 7) is -2.27. The molecule has 2 aromatic carbocycles. The van der Waals surface area contributed by atoms with Gasteiger partial charge in [-0.15, -0.1) is 0 Å². The number of benzene rings is 2. The lowest BCUT2D eigenvalue weighted by atomic mass is 10.0. The van der Waals surface area contributed by atoms with Crippen molar-refractivity contribution in [2.45, 2.75) is 113 Å². The summed E-state index contributed by atoms with van der Waals surface area (Å²) in [7, 11) is 0. The van der Waals surface area contributed by atoms with Crippen LogP contribution in [0.25, 0.3) is 0 Å². The molecule has 0 fully saturated rings. The topological polar surface area (TPSA) is 554 Å². The Morgan fingerprint density at radius 2 is 0.937 bits per heavy atom. The number of phenolic OH excluding ortho intramolecular Hbond substituents is 1. The van der Waals surface area contributed by atoms with Gasteiger partial charge in [-0.3, -0.25) is 57.7 Å². The van der Waals surface area contributed by atoms with Crippen LogP contribution in [0.15, 0.2) is 59.6 Å². The fourth-order valence-corrected chi connectivity index (χ4v) is 7.03. The fourth-order valence-electron chi connectivity index (χ4n) is 7.03. The number of aliphatic hydroxyl groups excluding tert-OH is 5. The van der Waals surface area contributed by atoms with Gasteiger partial charge in [0.25, 0.3) is 0 Å². The number of hydrogen-bond acceptors (Lipinski definition) is 19. The number of nitrogens with zero attached hydrogens (tertiary/aromatic N) is 1. The molecule has 0 saturated carbocycles. The smallest absolute Gasteiger partial charge is 0.322 e. The quantitative estimate of drug-likeness (QED) is 0.0176. The molecule has 79 heavy (non-hydrogen) atoms. The lowest BCUT2D eigenvalue weighted by Crippen LogP contribution is -2.63. The summed E-state index contributed by atoms with van der Waals surface area (Å²) in [4.78, 5) is 148. The Morgan fingerprint density at radius 1 is 0.519 bits per heavy atom. The van der Waals surface area contributed by atoms with Crippen LogP contribution in [0.5, 0.6) is 5.75 Å². The molecule has 11 atom stereocenters. The van der Waals surface area contributed by atoms with E-state index in [1.165, 1.54) is 24.3 Å². The van der Waals surface area contributed by atoms with Crippen molar-refractivity contribution in [3.05, 3.63) is 65.7 Å². The van der Waals surface area contributed by atoms with Crippen molar-refractivity contribution in [2.75, 3.05) is 32.9 Å². The second-order valence-electron chi connectivity index (χ2n) is 17.8. The molecule has 24 N–H and O–H groups in total. The number of amides is 10. The van der Waals surface area contributed by atoms with Gasteiger partial charge in [0.2, 0.25) is 59.1 Å². The van der Waals surface area contributed by atoms with E-state index < -0.39 is 171 Å². The molecule has 436 valence electrons. The maximum Gasteiger partial charge on any atom is 0.322 e. The molecule has 0 aliphatic heterocycles. The average Bonchev–Trinajstić information content (AvgIpc) is 3.39. The van der Waals surface area contributed by atoms with Crippen molar-refractivity contribution < 1.29 is 88.5 Å². The molecule has 0 spiro atoms. The molecule has 0 aliphatic rings. The number of carbonyl (C=O) groups excluding carboxylic acids is 10. The van der Waals surface area contributed by atoms with E-state index in [1.54, 1.807) is 30.3 Å². The number of phenols is 1. The fraction of sp³-hybridized carbons (Fsp3) is 0.489. The first-order valence-electron chi connectivity index (χ1n) is 24.2. The number of rotatable bonds is 34. The SMILES string of the molecule is C[C@@H](O)[C@H](NC(=O)[C@H](CO)NC(=O)[C@H](CO)NC(=O)[C@@H](NC(=O)[C@@H](N)Cc1ccccc1)[C@@H](C)O)C(=O)N[C@@H](CO)C(=O)N[C@@H](Cc1ccc(O)cc1)C(=O)N[C@@H](CC(N)=O)C(=O)N[C@@H](CCCN=C(N)N)C(=O)NCC(=O)O. The van der Waals surface area contributed by atoms with Crippen LogP contribution in [0.1, 0.15) is 44.2 Å². The Labute approximate surface area is 451 Å². The summed E-state index contributed by atoms with van der Waals surface area (Å²) in [5.41, 5.74) is 23.0. The lowest BCUT2D eigenvalue weighted by Gasteiger charge is -2.28. The van der Waals surface area contributed by atoms with Crippen LogP contribution < -0.4 is 70.8 Å². The minimum Gasteiger partial charge on any atom is -0.508 e. The Bertz CT molecular complexity index is 2450. The molecule has 2 aromatic rings. The molecule has 0 radical (unpaired) electrons. The predicted molar refractivity (Wildman–Crippen MR) is 274 cm³/mol. The van der Waals surface area contributed by atoms with E-state index in [0.717, 1.165) is 13.8 Å². The van der Waals surface area contributed by atoms with Gasteiger partial charge in [-0.1, -0.05) is 42.5 Å². The zero-order valence-electron chi connectivity index (χ0n) is 43.0. The van der Waals surface area contributed by atoms with Crippen molar-refractivity contribution in [3.8, 4) is 5.75 Å². The van der Waals surface area contributed by atoms with Crippen molar-refractivity contribution >= 4 is 71.0 Å². The monoisotopic (exact) mass is 1120 g/mol. The predicted octanol–water partition coefficient (Wildman–Crippen LogP) is -9.75. The average molecular weight is 1120 g/mol. The van der Waals surface area contributed by atoms with Gasteiger partial charge in [0.15, 0.2) is 5.96 Å². The van der Waals surface area contributed by atoms with E-state index in [0.29, 0.717) is 5.56 Å². The highest BCUT2D eigenvalue weighted by atomic mass is 16.4. The number of carbonyl (C=O) groups is 11. The van der Waals surface area contributed by atoms with Crippen LogP contribution in [-0.2, 0) is 65.6 Å². The van der Waals surface area contributed by atoms with Crippen LogP contribution in [0.3, 0.4) is 0 Å². The van der Waals surface area contributed by atoms with Gasteiger partial charge >= 0.3 is 5.97 Å². The number of nitrogens with two attached hydrogens (primary N) is 4. The van der Waals surface area contributed by atoms with E-state index in [9.17, 15) is 83.4 Å². The maximum atomic E-state index is 14.0. The molecule has 0 bridgehead atoms.